The largest absolute Gasteiger partial charge is 0.748 e. The fourth-order valence-electron chi connectivity index (χ4n) is 3.05. The Balaban J connectivity index is 0. The lowest BCUT2D eigenvalue weighted by Crippen LogP contribution is -2.31. The molecular formula is C20H45NO3S. The molecule has 0 spiro atoms. The van der Waals surface area contributed by atoms with Crippen LogP contribution in [0.5, 0.6) is 0 Å². The van der Waals surface area contributed by atoms with Crippen molar-refractivity contribution in [3.8, 4) is 0 Å². The standard InChI is InChI=1S/C20H42O3S.H3N/c1-4-5-6-7-8-9-10-11-12-13-14-15-16-17-18-19-20(2,3)24(21,22)23;/h4-19H2,1-3H3,(H,21,22,23);1H3. The molecule has 25 heavy (non-hydrogen) atoms. The Hall–Kier alpha value is -0.130. The summed E-state index contributed by atoms with van der Waals surface area (Å²) >= 11 is 0. The lowest BCUT2D eigenvalue weighted by molar-refractivity contribution is 0.408. The summed E-state index contributed by atoms with van der Waals surface area (Å²) in [6, 6.07) is 0. The normalized spacial score (nSPS) is 12.2. The van der Waals surface area contributed by atoms with E-state index in [2.05, 4.69) is 6.92 Å². The fourth-order valence-corrected chi connectivity index (χ4v) is 3.44. The van der Waals surface area contributed by atoms with Crippen molar-refractivity contribution < 1.29 is 13.0 Å². The second-order valence-electron chi connectivity index (χ2n) is 7.91. The van der Waals surface area contributed by atoms with Crippen molar-refractivity contribution >= 4 is 10.1 Å². The third kappa shape index (κ3) is 15.8. The van der Waals surface area contributed by atoms with E-state index < -0.39 is 14.9 Å². The van der Waals surface area contributed by atoms with Gasteiger partial charge in [0.2, 0.25) is 0 Å². The van der Waals surface area contributed by atoms with Gasteiger partial charge in [0, 0.05) is 0 Å². The van der Waals surface area contributed by atoms with Crippen molar-refractivity contribution in [1.82, 2.24) is 6.15 Å². The van der Waals surface area contributed by atoms with Crippen LogP contribution in [0.25, 0.3) is 0 Å². The van der Waals surface area contributed by atoms with E-state index in [1.807, 2.05) is 0 Å². The Morgan fingerprint density at radius 3 is 1.20 bits per heavy atom. The van der Waals surface area contributed by atoms with Gasteiger partial charge in [-0.15, -0.1) is 0 Å². The quantitative estimate of drug-likeness (QED) is 0.219. The zero-order valence-corrected chi connectivity index (χ0v) is 18.3. The van der Waals surface area contributed by atoms with E-state index in [0.29, 0.717) is 6.42 Å². The second kappa shape index (κ2) is 16.1. The highest BCUT2D eigenvalue weighted by Gasteiger charge is 2.24. The monoisotopic (exact) mass is 379 g/mol. The molecule has 0 aliphatic carbocycles. The summed E-state index contributed by atoms with van der Waals surface area (Å²) in [5.74, 6) is 0. The van der Waals surface area contributed by atoms with Crippen molar-refractivity contribution in [2.24, 2.45) is 0 Å². The summed E-state index contributed by atoms with van der Waals surface area (Å²) in [5, 5.41) is 0. The summed E-state index contributed by atoms with van der Waals surface area (Å²) in [7, 11) is -4.17. The maximum Gasteiger partial charge on any atom is 0.0999 e. The molecule has 4 N–H and O–H groups in total. The van der Waals surface area contributed by atoms with Gasteiger partial charge in [0.15, 0.2) is 0 Å². The van der Waals surface area contributed by atoms with Gasteiger partial charge in [0.25, 0.3) is 0 Å². The molecule has 5 heteroatoms. The second-order valence-corrected chi connectivity index (χ2v) is 9.93. The molecule has 0 rings (SSSR count). The van der Waals surface area contributed by atoms with E-state index in [9.17, 15) is 13.0 Å². The predicted molar refractivity (Wildman–Crippen MR) is 109 cm³/mol. The van der Waals surface area contributed by atoms with Crippen LogP contribution >= 0.6 is 0 Å². The summed E-state index contributed by atoms with van der Waals surface area (Å²) < 4.78 is 32.1. The molecule has 4 nitrogen and oxygen atoms in total. The van der Waals surface area contributed by atoms with Gasteiger partial charge in [-0.2, -0.15) is 0 Å². The summed E-state index contributed by atoms with van der Waals surface area (Å²) in [6.07, 6.45) is 19.9. The zero-order valence-electron chi connectivity index (χ0n) is 17.4. The van der Waals surface area contributed by atoms with Crippen LogP contribution in [0.2, 0.25) is 0 Å². The van der Waals surface area contributed by atoms with Crippen LogP contribution in [0.15, 0.2) is 0 Å². The van der Waals surface area contributed by atoms with Gasteiger partial charge in [-0.05, 0) is 20.3 Å². The molecule has 0 aromatic rings. The molecule has 0 fully saturated rings. The maximum atomic E-state index is 11.1. The van der Waals surface area contributed by atoms with Gasteiger partial charge < -0.3 is 10.7 Å². The molecular weight excluding hydrogens is 334 g/mol. The number of hydrogen-bond acceptors (Lipinski definition) is 3. The van der Waals surface area contributed by atoms with Crippen LogP contribution in [0.3, 0.4) is 0 Å². The van der Waals surface area contributed by atoms with Crippen LogP contribution in [0.4, 0.5) is 0 Å². The Labute approximate surface area is 157 Å². The van der Waals surface area contributed by atoms with E-state index in [0.717, 1.165) is 19.3 Å². The zero-order chi connectivity index (χ0) is 18.3. The van der Waals surface area contributed by atoms with Crippen molar-refractivity contribution in [3.63, 3.8) is 0 Å². The lowest BCUT2D eigenvalue weighted by Gasteiger charge is -2.27. The van der Waals surface area contributed by atoms with Gasteiger partial charge in [-0.25, -0.2) is 8.42 Å². The van der Waals surface area contributed by atoms with Gasteiger partial charge in [0.1, 0.15) is 0 Å². The van der Waals surface area contributed by atoms with Gasteiger partial charge >= 0.3 is 0 Å². The summed E-state index contributed by atoms with van der Waals surface area (Å²) in [4.78, 5) is 0. The van der Waals surface area contributed by atoms with Crippen molar-refractivity contribution in [3.05, 3.63) is 0 Å². The average molecular weight is 380 g/mol. The maximum absolute atomic E-state index is 11.1. The molecule has 0 aromatic carbocycles. The summed E-state index contributed by atoms with van der Waals surface area (Å²) in [5.41, 5.74) is 0. The molecule has 0 atom stereocenters. The van der Waals surface area contributed by atoms with Crippen LogP contribution in [0.1, 0.15) is 124 Å². The smallest absolute Gasteiger partial charge is 0.0999 e. The van der Waals surface area contributed by atoms with Crippen LogP contribution in [0, 0.1) is 0 Å². The molecule has 0 aliphatic rings. The van der Waals surface area contributed by atoms with E-state index in [1.165, 1.54) is 77.0 Å². The summed E-state index contributed by atoms with van der Waals surface area (Å²) in [6.45, 7) is 5.34. The predicted octanol–water partition coefficient (Wildman–Crippen LogP) is 6.95. The third-order valence-corrected chi connectivity index (χ3v) is 6.62. The first kappa shape index (κ1) is 27.1. The minimum atomic E-state index is -4.17. The molecule has 0 aliphatic heterocycles. The first-order valence-corrected chi connectivity index (χ1v) is 11.7. The molecule has 0 bridgehead atoms. The van der Waals surface area contributed by atoms with Crippen LogP contribution in [-0.4, -0.2) is 17.7 Å². The Morgan fingerprint density at radius 1 is 0.640 bits per heavy atom. The Kier molecular flexibility index (Phi) is 17.4. The fraction of sp³-hybridized carbons (Fsp3) is 1.00. The number of rotatable bonds is 17. The lowest BCUT2D eigenvalue weighted by atomic mass is 10.0. The van der Waals surface area contributed by atoms with Crippen LogP contribution in [-0.2, 0) is 10.1 Å². The van der Waals surface area contributed by atoms with Crippen LogP contribution < -0.4 is 6.15 Å². The number of unbranched alkanes of at least 4 members (excludes halogenated alkanes) is 14. The topological polar surface area (TPSA) is 93.7 Å². The molecule has 0 aromatic heterocycles. The third-order valence-electron chi connectivity index (χ3n) is 5.06. The molecule has 0 saturated heterocycles. The van der Waals surface area contributed by atoms with Gasteiger partial charge in [-0.1, -0.05) is 103 Å². The Bertz CT molecular complexity index is 380. The average Bonchev–Trinajstić information content (AvgIpc) is 2.50. The molecule has 0 radical (unpaired) electrons. The number of quaternary nitrogens is 1. The van der Waals surface area contributed by atoms with Crippen molar-refractivity contribution in [2.75, 3.05) is 0 Å². The highest BCUT2D eigenvalue weighted by molar-refractivity contribution is 7.87. The van der Waals surface area contributed by atoms with E-state index in [-0.39, 0.29) is 6.15 Å². The first-order chi connectivity index (χ1) is 11.3. The Morgan fingerprint density at radius 2 is 0.920 bits per heavy atom. The molecule has 0 unspecified atom stereocenters. The van der Waals surface area contributed by atoms with Gasteiger partial charge in [0.05, 0.1) is 14.9 Å². The van der Waals surface area contributed by atoms with E-state index in [4.69, 9.17) is 0 Å². The highest BCUT2D eigenvalue weighted by atomic mass is 32.2. The molecule has 0 amide bonds. The van der Waals surface area contributed by atoms with E-state index >= 15 is 0 Å². The first-order valence-electron chi connectivity index (χ1n) is 10.3. The van der Waals surface area contributed by atoms with Crippen molar-refractivity contribution in [2.45, 2.75) is 128 Å². The SMILES string of the molecule is CCCCCCCCCCCCCCCCCC(C)(C)S(=O)(=O)[O-].[NH4+]. The molecule has 154 valence electrons. The van der Waals surface area contributed by atoms with Crippen molar-refractivity contribution in [1.29, 1.82) is 0 Å². The van der Waals surface area contributed by atoms with Gasteiger partial charge in [-0.3, -0.25) is 0 Å². The molecule has 0 saturated carbocycles. The molecule has 0 heterocycles. The number of hydrogen-bond donors (Lipinski definition) is 1. The minimum Gasteiger partial charge on any atom is -0.748 e. The minimum absolute atomic E-state index is 0. The highest BCUT2D eigenvalue weighted by Crippen LogP contribution is 2.23. The van der Waals surface area contributed by atoms with E-state index in [1.54, 1.807) is 13.8 Å².